The number of anilines is 1. The van der Waals surface area contributed by atoms with Gasteiger partial charge in [-0.2, -0.15) is 8.78 Å². The van der Waals surface area contributed by atoms with Crippen molar-refractivity contribution in [3.63, 3.8) is 0 Å². The number of quaternary nitrogens is 1. The molecule has 0 radical (unpaired) electrons. The SMILES string of the molecule is COc1ccccc1[C@H](CNC(=S)Nc1ccc(SC(F)F)cc1)[NH+](C)C. The van der Waals surface area contributed by atoms with E-state index in [2.05, 4.69) is 24.7 Å². The van der Waals surface area contributed by atoms with Gasteiger partial charge in [0.25, 0.3) is 5.76 Å². The Hall–Kier alpha value is -1.90. The Bertz CT molecular complexity index is 742. The van der Waals surface area contributed by atoms with Crippen molar-refractivity contribution in [1.82, 2.24) is 5.32 Å². The van der Waals surface area contributed by atoms with E-state index in [-0.39, 0.29) is 6.04 Å². The Morgan fingerprint density at radius 2 is 1.81 bits per heavy atom. The van der Waals surface area contributed by atoms with Crippen molar-refractivity contribution < 1.29 is 18.4 Å². The summed E-state index contributed by atoms with van der Waals surface area (Å²) in [5.74, 6) is -1.58. The van der Waals surface area contributed by atoms with E-state index in [0.717, 1.165) is 17.0 Å². The highest BCUT2D eigenvalue weighted by Gasteiger charge is 2.21. The number of nitrogens with one attached hydrogen (secondary N) is 3. The first-order chi connectivity index (χ1) is 12.9. The highest BCUT2D eigenvalue weighted by molar-refractivity contribution is 7.99. The second-order valence-electron chi connectivity index (χ2n) is 6.11. The molecular formula is C19H24F2N3OS2+. The predicted octanol–water partition coefficient (Wildman–Crippen LogP) is 3.18. The van der Waals surface area contributed by atoms with Gasteiger partial charge in [-0.05, 0) is 48.6 Å². The maximum atomic E-state index is 12.4. The minimum absolute atomic E-state index is 0.144. The van der Waals surface area contributed by atoms with Crippen LogP contribution in [0, 0.1) is 0 Å². The van der Waals surface area contributed by atoms with Crippen LogP contribution in [0.4, 0.5) is 14.5 Å². The first-order valence-electron chi connectivity index (χ1n) is 8.43. The fourth-order valence-electron chi connectivity index (χ4n) is 2.67. The van der Waals surface area contributed by atoms with Gasteiger partial charge in [0.1, 0.15) is 11.8 Å². The van der Waals surface area contributed by atoms with Crippen molar-refractivity contribution in [3.8, 4) is 5.75 Å². The van der Waals surface area contributed by atoms with Gasteiger partial charge in [0.05, 0.1) is 33.3 Å². The fraction of sp³-hybridized carbons (Fsp3) is 0.316. The molecule has 0 aliphatic rings. The Morgan fingerprint density at radius 3 is 2.41 bits per heavy atom. The van der Waals surface area contributed by atoms with Crippen LogP contribution < -0.4 is 20.3 Å². The normalized spacial score (nSPS) is 12.1. The number of likely N-dealkylation sites (N-methyl/N-ethyl adjacent to an activating group) is 1. The molecule has 8 heteroatoms. The lowest BCUT2D eigenvalue weighted by molar-refractivity contribution is -0.890. The van der Waals surface area contributed by atoms with Gasteiger partial charge in [-0.3, -0.25) is 0 Å². The molecule has 4 nitrogen and oxygen atoms in total. The van der Waals surface area contributed by atoms with Crippen molar-refractivity contribution in [3.05, 3.63) is 54.1 Å². The Morgan fingerprint density at radius 1 is 1.15 bits per heavy atom. The summed E-state index contributed by atoms with van der Waals surface area (Å²) in [6, 6.07) is 14.8. The average Bonchev–Trinajstić information content (AvgIpc) is 2.63. The number of methoxy groups -OCH3 is 1. The van der Waals surface area contributed by atoms with Crippen LogP contribution >= 0.6 is 24.0 Å². The number of halogens is 2. The molecule has 0 saturated heterocycles. The minimum Gasteiger partial charge on any atom is -0.496 e. The highest BCUT2D eigenvalue weighted by atomic mass is 32.2. The second-order valence-corrected chi connectivity index (χ2v) is 7.58. The van der Waals surface area contributed by atoms with E-state index in [1.54, 1.807) is 31.4 Å². The molecular weight excluding hydrogens is 388 g/mol. The van der Waals surface area contributed by atoms with Crippen molar-refractivity contribution in [2.24, 2.45) is 0 Å². The monoisotopic (exact) mass is 412 g/mol. The summed E-state index contributed by atoms with van der Waals surface area (Å²) in [6.45, 7) is 0.619. The van der Waals surface area contributed by atoms with Gasteiger partial charge < -0.3 is 20.3 Å². The molecule has 0 amide bonds. The van der Waals surface area contributed by atoms with Crippen LogP contribution in [0.3, 0.4) is 0 Å². The molecule has 0 aromatic heterocycles. The maximum absolute atomic E-state index is 12.4. The summed E-state index contributed by atoms with van der Waals surface area (Å²) in [5.41, 5.74) is 1.85. The molecule has 0 bridgehead atoms. The van der Waals surface area contributed by atoms with Gasteiger partial charge in [-0.1, -0.05) is 23.9 Å². The largest absolute Gasteiger partial charge is 0.496 e. The number of benzene rings is 2. The van der Waals surface area contributed by atoms with Gasteiger partial charge >= 0.3 is 0 Å². The zero-order chi connectivity index (χ0) is 19.8. The number of hydrogen-bond acceptors (Lipinski definition) is 3. The lowest BCUT2D eigenvalue weighted by Gasteiger charge is -2.24. The zero-order valence-corrected chi connectivity index (χ0v) is 17.1. The molecule has 0 aliphatic heterocycles. The van der Waals surface area contributed by atoms with Crippen LogP contribution in [0.2, 0.25) is 0 Å². The molecule has 2 rings (SSSR count). The van der Waals surface area contributed by atoms with Gasteiger partial charge in [0, 0.05) is 10.6 Å². The van der Waals surface area contributed by atoms with E-state index >= 15 is 0 Å². The smallest absolute Gasteiger partial charge is 0.288 e. The molecule has 0 heterocycles. The zero-order valence-electron chi connectivity index (χ0n) is 15.5. The standard InChI is InChI=1S/C19H23F2N3OS2/c1-24(2)16(15-6-4-5-7-17(15)25-3)12-22-19(26)23-13-8-10-14(11-9-13)27-18(20)21/h4-11,16,18H,12H2,1-3H3,(H2,22,23,26)/p+1/t16-/m0/s1. The molecule has 3 N–H and O–H groups in total. The van der Waals surface area contributed by atoms with Gasteiger partial charge in [-0.15, -0.1) is 0 Å². The van der Waals surface area contributed by atoms with E-state index < -0.39 is 5.76 Å². The maximum Gasteiger partial charge on any atom is 0.288 e. The fourth-order valence-corrected chi connectivity index (χ4v) is 3.37. The quantitative estimate of drug-likeness (QED) is 0.459. The number of thioether (sulfide) groups is 1. The number of hydrogen-bond donors (Lipinski definition) is 3. The van der Waals surface area contributed by atoms with Crippen molar-refractivity contribution >= 4 is 34.8 Å². The number of thiocarbonyl (C=S) groups is 1. The first-order valence-corrected chi connectivity index (χ1v) is 9.72. The summed E-state index contributed by atoms with van der Waals surface area (Å²) < 4.78 is 30.2. The highest BCUT2D eigenvalue weighted by Crippen LogP contribution is 2.26. The third-order valence-corrected chi connectivity index (χ3v) is 4.98. The molecule has 0 aliphatic carbocycles. The van der Waals surface area contributed by atoms with E-state index in [1.165, 1.54) is 4.90 Å². The van der Waals surface area contributed by atoms with E-state index in [0.29, 0.717) is 28.3 Å². The molecule has 27 heavy (non-hydrogen) atoms. The van der Waals surface area contributed by atoms with E-state index in [1.807, 2.05) is 24.3 Å². The summed E-state index contributed by atoms with van der Waals surface area (Å²) in [4.78, 5) is 1.75. The topological polar surface area (TPSA) is 37.7 Å². The molecule has 2 aromatic rings. The number of para-hydroxylation sites is 1. The second kappa shape index (κ2) is 10.4. The van der Waals surface area contributed by atoms with Crippen LogP contribution in [0.25, 0.3) is 0 Å². The molecule has 0 spiro atoms. The third-order valence-electron chi connectivity index (χ3n) is 4.02. The van der Waals surface area contributed by atoms with Crippen molar-refractivity contribution in [2.75, 3.05) is 33.1 Å². The van der Waals surface area contributed by atoms with Crippen molar-refractivity contribution in [2.45, 2.75) is 16.7 Å². The lowest BCUT2D eigenvalue weighted by atomic mass is 10.0. The number of rotatable bonds is 8. The van der Waals surface area contributed by atoms with Crippen LogP contribution in [-0.2, 0) is 0 Å². The summed E-state index contributed by atoms with van der Waals surface area (Å²) in [5, 5.41) is 6.79. The van der Waals surface area contributed by atoms with Crippen LogP contribution in [0.5, 0.6) is 5.75 Å². The Kier molecular flexibility index (Phi) is 8.27. The predicted molar refractivity (Wildman–Crippen MR) is 111 cm³/mol. The first kappa shape index (κ1) is 21.4. The summed E-state index contributed by atoms with van der Waals surface area (Å²) in [7, 11) is 5.82. The number of ether oxygens (including phenoxy) is 1. The molecule has 0 saturated carbocycles. The Balaban J connectivity index is 1.96. The van der Waals surface area contributed by atoms with E-state index in [4.69, 9.17) is 17.0 Å². The van der Waals surface area contributed by atoms with Crippen LogP contribution in [0.1, 0.15) is 11.6 Å². The van der Waals surface area contributed by atoms with E-state index in [9.17, 15) is 8.78 Å². The molecule has 1 atom stereocenters. The molecule has 146 valence electrons. The van der Waals surface area contributed by atoms with Gasteiger partial charge in [0.15, 0.2) is 5.11 Å². The van der Waals surface area contributed by atoms with Crippen LogP contribution in [0.15, 0.2) is 53.4 Å². The van der Waals surface area contributed by atoms with Gasteiger partial charge in [0.2, 0.25) is 0 Å². The lowest BCUT2D eigenvalue weighted by Crippen LogP contribution is -3.07. The molecule has 0 fully saturated rings. The van der Waals surface area contributed by atoms with Crippen molar-refractivity contribution in [1.29, 1.82) is 0 Å². The number of alkyl halides is 2. The minimum atomic E-state index is -2.42. The third kappa shape index (κ3) is 6.64. The average molecular weight is 413 g/mol. The van der Waals surface area contributed by atoms with Gasteiger partial charge in [-0.25, -0.2) is 0 Å². The molecule has 2 aromatic carbocycles. The van der Waals surface area contributed by atoms with Crippen LogP contribution in [-0.4, -0.2) is 38.6 Å². The summed E-state index contributed by atoms with van der Waals surface area (Å²) >= 11 is 5.89. The Labute approximate surface area is 168 Å². The summed E-state index contributed by atoms with van der Waals surface area (Å²) in [6.07, 6.45) is 0. The molecule has 0 unspecified atom stereocenters.